The van der Waals surface area contributed by atoms with Crippen LogP contribution in [0.1, 0.15) is 35.6 Å². The van der Waals surface area contributed by atoms with E-state index in [1.165, 1.54) is 9.75 Å². The van der Waals surface area contributed by atoms with Gasteiger partial charge in [0.05, 0.1) is 12.1 Å². The molecule has 0 radical (unpaired) electrons. The highest BCUT2D eigenvalue weighted by molar-refractivity contribution is 7.11. The molecular weight excluding hydrogens is 300 g/mol. The zero-order valence-electron chi connectivity index (χ0n) is 12.1. The van der Waals surface area contributed by atoms with E-state index >= 15 is 0 Å². The van der Waals surface area contributed by atoms with Crippen molar-refractivity contribution in [2.75, 3.05) is 13.1 Å². The molecule has 1 amide bonds. The standard InChI is InChI=1S/C16H20N2OS2/c1-12(16(19)18-8-2-3-9-18)17-15(13-6-4-10-20-13)14-7-5-11-21-14/h4-7,10-12,15,17H,2-3,8-9H2,1H3. The Hall–Kier alpha value is -1.17. The van der Waals surface area contributed by atoms with Gasteiger partial charge in [-0.2, -0.15) is 0 Å². The number of carbonyl (C=O) groups excluding carboxylic acids is 1. The molecule has 3 nitrogen and oxygen atoms in total. The number of rotatable bonds is 5. The van der Waals surface area contributed by atoms with Gasteiger partial charge in [0, 0.05) is 22.8 Å². The van der Waals surface area contributed by atoms with Gasteiger partial charge in [-0.3, -0.25) is 10.1 Å². The molecule has 112 valence electrons. The number of thiophene rings is 2. The first kappa shape index (κ1) is 14.8. The Morgan fingerprint density at radius 3 is 2.19 bits per heavy atom. The van der Waals surface area contributed by atoms with E-state index < -0.39 is 0 Å². The van der Waals surface area contributed by atoms with Crippen LogP contribution in [0.2, 0.25) is 0 Å². The SMILES string of the molecule is CC(NC(c1cccs1)c1cccs1)C(=O)N1CCCC1. The molecule has 21 heavy (non-hydrogen) atoms. The van der Waals surface area contributed by atoms with Crippen molar-refractivity contribution in [2.24, 2.45) is 0 Å². The molecule has 1 aliphatic heterocycles. The van der Waals surface area contributed by atoms with Crippen LogP contribution in [0.5, 0.6) is 0 Å². The van der Waals surface area contributed by atoms with Gasteiger partial charge in [0.1, 0.15) is 0 Å². The maximum absolute atomic E-state index is 12.5. The molecule has 1 unspecified atom stereocenters. The molecule has 1 atom stereocenters. The molecule has 1 saturated heterocycles. The van der Waals surface area contributed by atoms with E-state index in [-0.39, 0.29) is 18.0 Å². The average molecular weight is 320 g/mol. The Morgan fingerprint density at radius 1 is 1.14 bits per heavy atom. The molecule has 0 spiro atoms. The lowest BCUT2D eigenvalue weighted by atomic mass is 10.1. The van der Waals surface area contributed by atoms with E-state index in [1.54, 1.807) is 22.7 Å². The minimum Gasteiger partial charge on any atom is -0.341 e. The molecule has 1 fully saturated rings. The Morgan fingerprint density at radius 2 is 1.71 bits per heavy atom. The van der Waals surface area contributed by atoms with Crippen molar-refractivity contribution in [3.8, 4) is 0 Å². The largest absolute Gasteiger partial charge is 0.341 e. The second-order valence-electron chi connectivity index (χ2n) is 5.38. The highest BCUT2D eigenvalue weighted by Gasteiger charge is 2.26. The molecule has 5 heteroatoms. The van der Waals surface area contributed by atoms with E-state index in [2.05, 4.69) is 40.3 Å². The lowest BCUT2D eigenvalue weighted by molar-refractivity contribution is -0.132. The molecular formula is C16H20N2OS2. The summed E-state index contributed by atoms with van der Waals surface area (Å²) in [5.41, 5.74) is 0. The zero-order valence-corrected chi connectivity index (χ0v) is 13.8. The highest BCUT2D eigenvalue weighted by atomic mass is 32.1. The maximum atomic E-state index is 12.5. The van der Waals surface area contributed by atoms with Crippen molar-refractivity contribution in [1.82, 2.24) is 10.2 Å². The van der Waals surface area contributed by atoms with Gasteiger partial charge in [-0.05, 0) is 42.7 Å². The molecule has 0 bridgehead atoms. The van der Waals surface area contributed by atoms with Crippen LogP contribution < -0.4 is 5.32 Å². The zero-order chi connectivity index (χ0) is 14.7. The number of nitrogens with one attached hydrogen (secondary N) is 1. The van der Waals surface area contributed by atoms with Gasteiger partial charge in [0.25, 0.3) is 0 Å². The van der Waals surface area contributed by atoms with Crippen LogP contribution in [-0.4, -0.2) is 29.9 Å². The molecule has 3 heterocycles. The van der Waals surface area contributed by atoms with Crippen LogP contribution in [0.15, 0.2) is 35.0 Å². The first-order valence-electron chi connectivity index (χ1n) is 7.37. The monoisotopic (exact) mass is 320 g/mol. The van der Waals surface area contributed by atoms with Crippen LogP contribution in [0.3, 0.4) is 0 Å². The molecule has 0 aliphatic carbocycles. The Labute approximate surface area is 133 Å². The second kappa shape index (κ2) is 6.73. The summed E-state index contributed by atoms with van der Waals surface area (Å²) in [6.07, 6.45) is 2.27. The minimum absolute atomic E-state index is 0.117. The molecule has 1 N–H and O–H groups in total. The summed E-state index contributed by atoms with van der Waals surface area (Å²) >= 11 is 3.47. The van der Waals surface area contributed by atoms with Gasteiger partial charge in [0.15, 0.2) is 0 Å². The van der Waals surface area contributed by atoms with Crippen molar-refractivity contribution in [1.29, 1.82) is 0 Å². The molecule has 0 saturated carbocycles. The lowest BCUT2D eigenvalue weighted by Gasteiger charge is -2.25. The Bertz CT molecular complexity index is 525. The van der Waals surface area contributed by atoms with Crippen LogP contribution >= 0.6 is 22.7 Å². The minimum atomic E-state index is -0.155. The summed E-state index contributed by atoms with van der Waals surface area (Å²) in [7, 11) is 0. The van der Waals surface area contributed by atoms with Crippen molar-refractivity contribution in [2.45, 2.75) is 31.8 Å². The fraction of sp³-hybridized carbons (Fsp3) is 0.438. The van der Waals surface area contributed by atoms with Crippen LogP contribution in [0.4, 0.5) is 0 Å². The fourth-order valence-corrected chi connectivity index (χ4v) is 4.43. The second-order valence-corrected chi connectivity index (χ2v) is 7.34. The number of amides is 1. The van der Waals surface area contributed by atoms with Gasteiger partial charge in [-0.25, -0.2) is 0 Å². The predicted octanol–water partition coefficient (Wildman–Crippen LogP) is 3.50. The van der Waals surface area contributed by atoms with E-state index in [0.717, 1.165) is 25.9 Å². The number of hydrogen-bond donors (Lipinski definition) is 1. The number of likely N-dealkylation sites (tertiary alicyclic amines) is 1. The third-order valence-corrected chi connectivity index (χ3v) is 5.73. The first-order valence-corrected chi connectivity index (χ1v) is 9.13. The van der Waals surface area contributed by atoms with Crippen LogP contribution in [-0.2, 0) is 4.79 Å². The summed E-state index contributed by atoms with van der Waals surface area (Å²) in [6.45, 7) is 3.80. The van der Waals surface area contributed by atoms with Crippen molar-refractivity contribution >= 4 is 28.6 Å². The third kappa shape index (κ3) is 3.36. The van der Waals surface area contributed by atoms with Gasteiger partial charge in [-0.1, -0.05) is 12.1 Å². The smallest absolute Gasteiger partial charge is 0.239 e. The normalized spacial score (nSPS) is 16.6. The first-order chi connectivity index (χ1) is 10.3. The maximum Gasteiger partial charge on any atom is 0.239 e. The molecule has 2 aromatic rings. The molecule has 3 rings (SSSR count). The molecule has 0 aromatic carbocycles. The van der Waals surface area contributed by atoms with Gasteiger partial charge < -0.3 is 4.90 Å². The van der Waals surface area contributed by atoms with Crippen molar-refractivity contribution < 1.29 is 4.79 Å². The third-order valence-electron chi connectivity index (χ3n) is 3.86. The Balaban J connectivity index is 1.74. The summed E-state index contributed by atoms with van der Waals surface area (Å²) in [5, 5.41) is 7.70. The highest BCUT2D eigenvalue weighted by Crippen LogP contribution is 2.29. The van der Waals surface area contributed by atoms with E-state index in [4.69, 9.17) is 0 Å². The topological polar surface area (TPSA) is 32.3 Å². The predicted molar refractivity (Wildman–Crippen MR) is 88.9 cm³/mol. The fourth-order valence-electron chi connectivity index (χ4n) is 2.75. The summed E-state index contributed by atoms with van der Waals surface area (Å²) in [4.78, 5) is 17.0. The Kier molecular flexibility index (Phi) is 4.73. The number of nitrogens with zero attached hydrogens (tertiary/aromatic N) is 1. The van der Waals surface area contributed by atoms with Crippen LogP contribution in [0, 0.1) is 0 Å². The molecule has 2 aromatic heterocycles. The number of hydrogen-bond acceptors (Lipinski definition) is 4. The van der Waals surface area contributed by atoms with E-state index in [0.29, 0.717) is 0 Å². The average Bonchev–Trinajstić information content (AvgIpc) is 3.27. The summed E-state index contributed by atoms with van der Waals surface area (Å²) < 4.78 is 0. The molecule has 1 aliphatic rings. The number of carbonyl (C=O) groups is 1. The van der Waals surface area contributed by atoms with Gasteiger partial charge in [0.2, 0.25) is 5.91 Å². The summed E-state index contributed by atoms with van der Waals surface area (Å²) in [5.74, 6) is 0.227. The van der Waals surface area contributed by atoms with Crippen molar-refractivity contribution in [3.05, 3.63) is 44.8 Å². The van der Waals surface area contributed by atoms with Crippen LogP contribution in [0.25, 0.3) is 0 Å². The van der Waals surface area contributed by atoms with E-state index in [1.807, 2.05) is 11.8 Å². The quantitative estimate of drug-likeness (QED) is 0.914. The van der Waals surface area contributed by atoms with Crippen molar-refractivity contribution in [3.63, 3.8) is 0 Å². The lowest BCUT2D eigenvalue weighted by Crippen LogP contribution is -2.44. The summed E-state index contributed by atoms with van der Waals surface area (Å²) in [6, 6.07) is 8.36. The van der Waals surface area contributed by atoms with Gasteiger partial charge in [-0.15, -0.1) is 22.7 Å². The van der Waals surface area contributed by atoms with E-state index in [9.17, 15) is 4.79 Å². The van der Waals surface area contributed by atoms with Gasteiger partial charge >= 0.3 is 0 Å².